The number of rotatable bonds is 4. The summed E-state index contributed by atoms with van der Waals surface area (Å²) in [4.78, 5) is 8.35. The van der Waals surface area contributed by atoms with Crippen molar-refractivity contribution in [3.63, 3.8) is 0 Å². The summed E-state index contributed by atoms with van der Waals surface area (Å²) in [5, 5.41) is 3.09. The van der Waals surface area contributed by atoms with Crippen molar-refractivity contribution in [3.8, 4) is 11.6 Å². The lowest BCUT2D eigenvalue weighted by Gasteiger charge is -2.06. The third-order valence-corrected chi connectivity index (χ3v) is 2.73. The highest BCUT2D eigenvalue weighted by Gasteiger charge is 2.00. The molecule has 0 radical (unpaired) electrons. The summed E-state index contributed by atoms with van der Waals surface area (Å²) in [5.41, 5.74) is 0. The van der Waals surface area contributed by atoms with E-state index in [1.54, 1.807) is 12.4 Å². The first kappa shape index (κ1) is 12.1. The Kier molecular flexibility index (Phi) is 4.13. The predicted molar refractivity (Wildman–Crippen MR) is 75.4 cm³/mol. The van der Waals surface area contributed by atoms with Crippen molar-refractivity contribution in [1.29, 1.82) is 0 Å². The van der Waals surface area contributed by atoms with Crippen molar-refractivity contribution in [1.82, 2.24) is 9.97 Å². The van der Waals surface area contributed by atoms with E-state index < -0.39 is 0 Å². The van der Waals surface area contributed by atoms with Gasteiger partial charge in [-0.3, -0.25) is 4.98 Å². The molecule has 88 valence electrons. The fraction of sp³-hybridized carbons (Fsp3) is 0.167. The van der Waals surface area contributed by atoms with Crippen LogP contribution in [0.4, 0.5) is 5.82 Å². The van der Waals surface area contributed by atoms with Gasteiger partial charge in [0.25, 0.3) is 0 Å². The summed E-state index contributed by atoms with van der Waals surface area (Å²) >= 11 is 2.25. The second-order valence-corrected chi connectivity index (χ2v) is 4.57. The van der Waals surface area contributed by atoms with Gasteiger partial charge in [0.1, 0.15) is 11.6 Å². The molecule has 0 atom stereocenters. The Morgan fingerprint density at radius 3 is 2.71 bits per heavy atom. The maximum atomic E-state index is 5.60. The zero-order valence-electron chi connectivity index (χ0n) is 9.35. The number of nitrogens with one attached hydrogen (secondary N) is 1. The molecule has 0 saturated heterocycles. The number of hydrogen-bond acceptors (Lipinski definition) is 4. The molecule has 4 nitrogen and oxygen atoms in total. The summed E-state index contributed by atoms with van der Waals surface area (Å²) in [7, 11) is 0. The molecule has 0 bridgehead atoms. The Labute approximate surface area is 114 Å². The Bertz CT molecular complexity index is 487. The van der Waals surface area contributed by atoms with E-state index in [0.717, 1.165) is 18.1 Å². The van der Waals surface area contributed by atoms with Crippen LogP contribution in [0.15, 0.2) is 36.7 Å². The van der Waals surface area contributed by atoms with Crippen LogP contribution in [0, 0.1) is 3.57 Å². The maximum Gasteiger partial charge on any atom is 0.239 e. The van der Waals surface area contributed by atoms with E-state index in [4.69, 9.17) is 4.74 Å². The molecule has 0 aliphatic heterocycles. The fourth-order valence-electron chi connectivity index (χ4n) is 1.29. The minimum Gasteiger partial charge on any atom is -0.437 e. The Hall–Kier alpha value is -1.37. The van der Waals surface area contributed by atoms with E-state index in [-0.39, 0.29) is 0 Å². The molecule has 1 aromatic carbocycles. The lowest BCUT2D eigenvalue weighted by Crippen LogP contribution is -2.00. The van der Waals surface area contributed by atoms with Gasteiger partial charge in [-0.15, -0.1) is 0 Å². The molecule has 17 heavy (non-hydrogen) atoms. The molecule has 1 heterocycles. The van der Waals surface area contributed by atoms with Crippen LogP contribution < -0.4 is 10.1 Å². The fourth-order valence-corrected chi connectivity index (χ4v) is 1.65. The molecule has 0 spiro atoms. The normalized spacial score (nSPS) is 10.0. The zero-order chi connectivity index (χ0) is 12.1. The number of ether oxygens (including phenoxy) is 1. The van der Waals surface area contributed by atoms with Gasteiger partial charge < -0.3 is 10.1 Å². The molecular formula is C12H12IN3O. The average molecular weight is 341 g/mol. The number of aromatic nitrogens is 2. The first-order valence-corrected chi connectivity index (χ1v) is 6.35. The second kappa shape index (κ2) is 5.81. The number of anilines is 1. The van der Waals surface area contributed by atoms with Crippen LogP contribution in [0.1, 0.15) is 6.92 Å². The maximum absolute atomic E-state index is 5.60. The van der Waals surface area contributed by atoms with Gasteiger partial charge in [0, 0.05) is 10.1 Å². The van der Waals surface area contributed by atoms with Crippen LogP contribution in [-0.2, 0) is 0 Å². The van der Waals surface area contributed by atoms with E-state index in [0.29, 0.717) is 5.88 Å². The Balaban J connectivity index is 2.12. The molecule has 0 aliphatic carbocycles. The highest BCUT2D eigenvalue weighted by Crippen LogP contribution is 2.20. The average Bonchev–Trinajstić information content (AvgIpc) is 2.33. The molecule has 0 saturated carbocycles. The molecule has 2 rings (SSSR count). The first-order valence-electron chi connectivity index (χ1n) is 5.27. The minimum atomic E-state index is 0.490. The Morgan fingerprint density at radius 2 is 2.00 bits per heavy atom. The monoisotopic (exact) mass is 341 g/mol. The van der Waals surface area contributed by atoms with Crippen molar-refractivity contribution in [2.45, 2.75) is 6.92 Å². The standard InChI is InChI=1S/C12H12IN3O/c1-2-15-11-7-14-8-12(16-11)17-10-5-3-9(13)4-6-10/h3-8H,2H2,1H3,(H,15,16). The highest BCUT2D eigenvalue weighted by atomic mass is 127. The smallest absolute Gasteiger partial charge is 0.239 e. The predicted octanol–water partition coefficient (Wildman–Crippen LogP) is 3.31. The summed E-state index contributed by atoms with van der Waals surface area (Å²) in [6.45, 7) is 2.82. The Morgan fingerprint density at radius 1 is 1.24 bits per heavy atom. The van der Waals surface area contributed by atoms with Crippen molar-refractivity contribution < 1.29 is 4.74 Å². The quantitative estimate of drug-likeness (QED) is 0.867. The van der Waals surface area contributed by atoms with Gasteiger partial charge in [-0.2, -0.15) is 4.98 Å². The van der Waals surface area contributed by atoms with Crippen LogP contribution in [0.25, 0.3) is 0 Å². The largest absolute Gasteiger partial charge is 0.437 e. The third-order valence-electron chi connectivity index (χ3n) is 2.01. The van der Waals surface area contributed by atoms with Crippen molar-refractivity contribution in [2.75, 3.05) is 11.9 Å². The minimum absolute atomic E-state index is 0.490. The summed E-state index contributed by atoms with van der Waals surface area (Å²) in [6.07, 6.45) is 3.27. The van der Waals surface area contributed by atoms with Gasteiger partial charge >= 0.3 is 0 Å². The molecule has 1 aromatic heterocycles. The van der Waals surface area contributed by atoms with Gasteiger partial charge in [-0.1, -0.05) is 0 Å². The van der Waals surface area contributed by atoms with Crippen LogP contribution in [0.5, 0.6) is 11.6 Å². The number of halogens is 1. The van der Waals surface area contributed by atoms with Crippen LogP contribution >= 0.6 is 22.6 Å². The first-order chi connectivity index (χ1) is 8.28. The van der Waals surface area contributed by atoms with E-state index in [9.17, 15) is 0 Å². The van der Waals surface area contributed by atoms with Crippen LogP contribution in [-0.4, -0.2) is 16.5 Å². The summed E-state index contributed by atoms with van der Waals surface area (Å²) in [5.74, 6) is 1.97. The van der Waals surface area contributed by atoms with Crippen molar-refractivity contribution >= 4 is 28.4 Å². The van der Waals surface area contributed by atoms with Crippen molar-refractivity contribution in [2.24, 2.45) is 0 Å². The molecular weight excluding hydrogens is 329 g/mol. The van der Waals surface area contributed by atoms with Gasteiger partial charge in [0.15, 0.2) is 0 Å². The molecule has 0 fully saturated rings. The van der Waals surface area contributed by atoms with E-state index in [2.05, 4.69) is 37.9 Å². The summed E-state index contributed by atoms with van der Waals surface area (Å²) in [6, 6.07) is 7.78. The van der Waals surface area contributed by atoms with Crippen LogP contribution in [0.2, 0.25) is 0 Å². The summed E-state index contributed by atoms with van der Waals surface area (Å²) < 4.78 is 6.77. The lowest BCUT2D eigenvalue weighted by atomic mass is 10.3. The number of benzene rings is 1. The zero-order valence-corrected chi connectivity index (χ0v) is 11.5. The van der Waals surface area contributed by atoms with Gasteiger partial charge in [-0.25, -0.2) is 0 Å². The molecule has 0 aliphatic rings. The number of nitrogens with zero attached hydrogens (tertiary/aromatic N) is 2. The molecule has 0 unspecified atom stereocenters. The van der Waals surface area contributed by atoms with Gasteiger partial charge in [0.05, 0.1) is 12.4 Å². The van der Waals surface area contributed by atoms with Crippen molar-refractivity contribution in [3.05, 3.63) is 40.2 Å². The second-order valence-electron chi connectivity index (χ2n) is 3.33. The van der Waals surface area contributed by atoms with Gasteiger partial charge in [0.2, 0.25) is 5.88 Å². The third kappa shape index (κ3) is 3.55. The molecule has 2 aromatic rings. The molecule has 0 amide bonds. The topological polar surface area (TPSA) is 47.0 Å². The van der Waals surface area contributed by atoms with Crippen LogP contribution in [0.3, 0.4) is 0 Å². The molecule has 1 N–H and O–H groups in total. The van der Waals surface area contributed by atoms with E-state index in [1.807, 2.05) is 31.2 Å². The molecule has 5 heteroatoms. The van der Waals surface area contributed by atoms with Gasteiger partial charge in [-0.05, 0) is 53.8 Å². The lowest BCUT2D eigenvalue weighted by molar-refractivity contribution is 0.461. The van der Waals surface area contributed by atoms with E-state index in [1.165, 1.54) is 3.57 Å². The number of hydrogen-bond donors (Lipinski definition) is 1. The highest BCUT2D eigenvalue weighted by molar-refractivity contribution is 14.1. The SMILES string of the molecule is CCNc1cncc(Oc2ccc(I)cc2)n1. The van der Waals surface area contributed by atoms with E-state index >= 15 is 0 Å².